The molecule has 1 fully saturated rings. The lowest BCUT2D eigenvalue weighted by molar-refractivity contribution is -0.135. The zero-order valence-corrected chi connectivity index (χ0v) is 18.4. The molecule has 4 aromatic heterocycles. The fourth-order valence-corrected chi connectivity index (χ4v) is 4.58. The number of nitrogens with one attached hydrogen (secondary N) is 2. The van der Waals surface area contributed by atoms with E-state index in [2.05, 4.69) is 38.1 Å². The molecule has 168 valence electrons. The van der Waals surface area contributed by atoms with E-state index in [9.17, 15) is 9.59 Å². The number of fused-ring (bicyclic) bond motifs is 2. The molecule has 0 saturated carbocycles. The lowest BCUT2D eigenvalue weighted by Crippen LogP contribution is -2.45. The largest absolute Gasteiger partial charge is 0.354 e. The molecular formula is C24H25N7O2. The highest BCUT2D eigenvalue weighted by atomic mass is 16.2. The van der Waals surface area contributed by atoms with Crippen LogP contribution in [0, 0.1) is 5.92 Å². The van der Waals surface area contributed by atoms with Gasteiger partial charge in [0.25, 0.3) is 0 Å². The predicted octanol–water partition coefficient (Wildman–Crippen LogP) is 2.35. The van der Waals surface area contributed by atoms with Crippen molar-refractivity contribution in [2.75, 3.05) is 13.1 Å². The number of rotatable bonds is 6. The number of nitrogens with zero attached hydrogens (tertiary/aromatic N) is 5. The highest BCUT2D eigenvalue weighted by Crippen LogP contribution is 2.31. The van der Waals surface area contributed by atoms with E-state index in [0.717, 1.165) is 33.4 Å². The Morgan fingerprint density at radius 2 is 2.15 bits per heavy atom. The third kappa shape index (κ3) is 3.86. The fraction of sp³-hybridized carbons (Fsp3) is 0.292. The van der Waals surface area contributed by atoms with Gasteiger partial charge in [-0.15, -0.1) is 0 Å². The van der Waals surface area contributed by atoms with Crippen molar-refractivity contribution in [1.29, 1.82) is 0 Å². The summed E-state index contributed by atoms with van der Waals surface area (Å²) >= 11 is 0. The molecule has 9 nitrogen and oxygen atoms in total. The number of aromatic nitrogens is 5. The molecule has 0 unspecified atom stereocenters. The van der Waals surface area contributed by atoms with Crippen LogP contribution in [0.15, 0.2) is 55.5 Å². The van der Waals surface area contributed by atoms with E-state index >= 15 is 0 Å². The summed E-state index contributed by atoms with van der Waals surface area (Å²) < 4.78 is 1.61. The molecule has 4 aromatic rings. The van der Waals surface area contributed by atoms with Gasteiger partial charge in [0, 0.05) is 48.5 Å². The lowest BCUT2D eigenvalue weighted by Gasteiger charge is -2.22. The smallest absolute Gasteiger partial charge is 0.246 e. The average Bonchev–Trinajstić information content (AvgIpc) is 3.54. The second-order valence-corrected chi connectivity index (χ2v) is 8.46. The predicted molar refractivity (Wildman–Crippen MR) is 124 cm³/mol. The number of hydrogen-bond acceptors (Lipinski definition) is 5. The first kappa shape index (κ1) is 20.9. The minimum absolute atomic E-state index is 0.122. The van der Waals surface area contributed by atoms with Crippen molar-refractivity contribution in [3.05, 3.63) is 61.2 Å². The molecular weight excluding hydrogens is 418 g/mol. The van der Waals surface area contributed by atoms with Crippen LogP contribution in [-0.4, -0.2) is 60.6 Å². The Morgan fingerprint density at radius 3 is 3.00 bits per heavy atom. The maximum atomic E-state index is 12.7. The van der Waals surface area contributed by atoms with Crippen molar-refractivity contribution in [2.24, 2.45) is 5.92 Å². The summed E-state index contributed by atoms with van der Waals surface area (Å²) in [6, 6.07) is 7.46. The van der Waals surface area contributed by atoms with Gasteiger partial charge in [-0.1, -0.05) is 13.5 Å². The number of likely N-dealkylation sites (tertiary alicyclic amines) is 1. The molecule has 0 bridgehead atoms. The lowest BCUT2D eigenvalue weighted by atomic mass is 10.1. The summed E-state index contributed by atoms with van der Waals surface area (Å²) in [6.07, 6.45) is 7.84. The summed E-state index contributed by atoms with van der Waals surface area (Å²) in [5, 5.41) is 12.6. The zero-order valence-electron chi connectivity index (χ0n) is 18.4. The Balaban J connectivity index is 1.31. The third-order valence-corrected chi connectivity index (χ3v) is 6.15. The summed E-state index contributed by atoms with van der Waals surface area (Å²) in [7, 11) is 0. The summed E-state index contributed by atoms with van der Waals surface area (Å²) in [4.78, 5) is 34.3. The summed E-state index contributed by atoms with van der Waals surface area (Å²) in [5.41, 5.74) is 4.68. The Kier molecular flexibility index (Phi) is 5.37. The maximum absolute atomic E-state index is 12.7. The van der Waals surface area contributed by atoms with Gasteiger partial charge < -0.3 is 15.2 Å². The number of carbonyl (C=O) groups excluding carboxylic acids is 2. The monoisotopic (exact) mass is 443 g/mol. The number of hydrogen-bond donors (Lipinski definition) is 2. The molecule has 2 N–H and O–H groups in total. The first-order valence-electron chi connectivity index (χ1n) is 11.0. The minimum Gasteiger partial charge on any atom is -0.354 e. The van der Waals surface area contributed by atoms with E-state index in [0.29, 0.717) is 25.9 Å². The molecule has 0 aromatic carbocycles. The van der Waals surface area contributed by atoms with Gasteiger partial charge in [-0.05, 0) is 48.2 Å². The normalized spacial score (nSPS) is 18.2. The van der Waals surface area contributed by atoms with Crippen molar-refractivity contribution < 1.29 is 9.59 Å². The van der Waals surface area contributed by atoms with Gasteiger partial charge in [0.15, 0.2) is 0 Å². The topological polar surface area (TPSA) is 108 Å². The van der Waals surface area contributed by atoms with E-state index < -0.39 is 6.04 Å². The van der Waals surface area contributed by atoms with Gasteiger partial charge in [0.05, 0.1) is 11.7 Å². The quantitative estimate of drug-likeness (QED) is 0.445. The van der Waals surface area contributed by atoms with Crippen LogP contribution < -0.4 is 5.32 Å². The SMILES string of the molecule is C=CC(=O)N1C[C@H](C)C[C@H]1C(=O)NCCc1cc2c(-c3cnn4ncccc34)ccnc2[nH]1. The van der Waals surface area contributed by atoms with Crippen LogP contribution in [0.3, 0.4) is 0 Å². The molecule has 0 aliphatic carbocycles. The molecule has 5 rings (SSSR count). The first-order valence-corrected chi connectivity index (χ1v) is 11.0. The van der Waals surface area contributed by atoms with Crippen LogP contribution in [0.1, 0.15) is 19.0 Å². The van der Waals surface area contributed by atoms with Gasteiger partial charge in [-0.25, -0.2) is 4.98 Å². The second kappa shape index (κ2) is 8.50. The molecule has 2 amide bonds. The van der Waals surface area contributed by atoms with E-state index in [1.165, 1.54) is 6.08 Å². The molecule has 33 heavy (non-hydrogen) atoms. The average molecular weight is 444 g/mol. The Hall–Kier alpha value is -4.01. The van der Waals surface area contributed by atoms with E-state index in [-0.39, 0.29) is 17.7 Å². The zero-order chi connectivity index (χ0) is 22.9. The van der Waals surface area contributed by atoms with Crippen molar-refractivity contribution >= 4 is 28.4 Å². The molecule has 5 heterocycles. The molecule has 1 aliphatic heterocycles. The van der Waals surface area contributed by atoms with Crippen LogP contribution in [0.5, 0.6) is 0 Å². The van der Waals surface area contributed by atoms with Crippen molar-refractivity contribution in [2.45, 2.75) is 25.8 Å². The molecule has 0 radical (unpaired) electrons. The molecule has 1 aliphatic rings. The minimum atomic E-state index is -0.439. The van der Waals surface area contributed by atoms with E-state index in [1.54, 1.807) is 21.9 Å². The molecule has 1 saturated heterocycles. The summed E-state index contributed by atoms with van der Waals surface area (Å²) in [6.45, 7) is 6.64. The molecule has 2 atom stereocenters. The van der Waals surface area contributed by atoms with E-state index in [4.69, 9.17) is 0 Å². The Bertz CT molecular complexity index is 1360. The van der Waals surface area contributed by atoms with Crippen molar-refractivity contribution in [1.82, 2.24) is 35.0 Å². The number of carbonyl (C=O) groups is 2. The number of H-pyrrole nitrogens is 1. The number of pyridine rings is 1. The van der Waals surface area contributed by atoms with Gasteiger partial charge in [0.2, 0.25) is 11.8 Å². The second-order valence-electron chi connectivity index (χ2n) is 8.46. The van der Waals surface area contributed by atoms with Crippen LogP contribution in [0.4, 0.5) is 0 Å². The maximum Gasteiger partial charge on any atom is 0.246 e. The highest BCUT2D eigenvalue weighted by Gasteiger charge is 2.36. The van der Waals surface area contributed by atoms with Crippen LogP contribution in [0.2, 0.25) is 0 Å². The van der Waals surface area contributed by atoms with Gasteiger partial charge >= 0.3 is 0 Å². The van der Waals surface area contributed by atoms with Gasteiger partial charge in [-0.2, -0.15) is 14.8 Å². The summed E-state index contributed by atoms with van der Waals surface area (Å²) in [5.74, 6) is -0.0297. The van der Waals surface area contributed by atoms with Gasteiger partial charge in [-0.3, -0.25) is 9.59 Å². The first-order chi connectivity index (χ1) is 16.0. The Morgan fingerprint density at radius 1 is 1.27 bits per heavy atom. The van der Waals surface area contributed by atoms with Gasteiger partial charge in [0.1, 0.15) is 11.7 Å². The number of amides is 2. The fourth-order valence-electron chi connectivity index (χ4n) is 4.58. The van der Waals surface area contributed by atoms with Crippen LogP contribution >= 0.6 is 0 Å². The molecule has 9 heteroatoms. The van der Waals surface area contributed by atoms with Crippen molar-refractivity contribution in [3.8, 4) is 11.1 Å². The standard InChI is InChI=1S/C24H25N7O2/c1-3-22(32)30-14-15(2)11-21(30)24(33)26-9-6-16-12-18-17(7-10-25-23(18)29-16)19-13-28-31-20(19)5-4-8-27-31/h3-5,7-8,10,12-13,15,21H,1,6,9,11,14H2,2H3,(H,25,29)(H,26,33)/t15-,21+/m1/s1. The van der Waals surface area contributed by atoms with Crippen LogP contribution in [0.25, 0.3) is 27.7 Å². The Labute approximate surface area is 190 Å². The number of aromatic amines is 1. The third-order valence-electron chi connectivity index (χ3n) is 6.15. The molecule has 0 spiro atoms. The van der Waals surface area contributed by atoms with Crippen LogP contribution in [-0.2, 0) is 16.0 Å². The van der Waals surface area contributed by atoms with E-state index in [1.807, 2.05) is 31.3 Å². The van der Waals surface area contributed by atoms with Crippen molar-refractivity contribution in [3.63, 3.8) is 0 Å². The highest BCUT2D eigenvalue weighted by molar-refractivity contribution is 5.97.